The third-order valence-electron chi connectivity index (χ3n) is 0. The summed E-state index contributed by atoms with van der Waals surface area (Å²) in [6, 6.07) is 0. The fraction of sp³-hybridized carbons (Fsp3) is 0. The van der Waals surface area contributed by atoms with Gasteiger partial charge in [0.05, 0.1) is 0 Å². The second kappa shape index (κ2) is 25.3. The van der Waals surface area contributed by atoms with Crippen molar-refractivity contribution in [3.8, 4) is 0 Å². The molecule has 0 saturated heterocycles. The van der Waals surface area contributed by atoms with Crippen molar-refractivity contribution in [3.63, 3.8) is 0 Å². The standard InChI is InChI=1S/4BH3O3.Os/c4*2-1(3)4;/h4*2-4H;. The van der Waals surface area contributed by atoms with Crippen LogP contribution in [0.15, 0.2) is 0 Å². The van der Waals surface area contributed by atoms with E-state index in [4.69, 9.17) is 60.3 Å². The molecule has 0 atom stereocenters. The largest absolute Gasteiger partial charge is 0.631 e. The Morgan fingerprint density at radius 2 is 0.294 bits per heavy atom. The van der Waals surface area contributed by atoms with Gasteiger partial charge in [-0.15, -0.1) is 0 Å². The summed E-state index contributed by atoms with van der Waals surface area (Å²) >= 11 is 0. The van der Waals surface area contributed by atoms with Crippen molar-refractivity contribution in [3.05, 3.63) is 0 Å². The molecule has 0 fully saturated rings. The van der Waals surface area contributed by atoms with Gasteiger partial charge in [0.1, 0.15) is 0 Å². The normalized spacial score (nSPS) is 6.35. The van der Waals surface area contributed by atoms with Gasteiger partial charge in [-0.05, 0) is 0 Å². The predicted molar refractivity (Wildman–Crippen MR) is 49.6 cm³/mol. The Kier molecular flexibility index (Phi) is 45.3. The molecule has 17 heavy (non-hydrogen) atoms. The Morgan fingerprint density at radius 3 is 0.294 bits per heavy atom. The van der Waals surface area contributed by atoms with E-state index in [1.165, 1.54) is 0 Å². The van der Waals surface area contributed by atoms with E-state index in [9.17, 15) is 0 Å². The van der Waals surface area contributed by atoms with Gasteiger partial charge in [-0.3, -0.25) is 0 Å². The first kappa shape index (κ1) is 30.4. The van der Waals surface area contributed by atoms with Crippen molar-refractivity contribution in [2.45, 2.75) is 0 Å². The van der Waals surface area contributed by atoms with E-state index in [1.54, 1.807) is 0 Å². The summed E-state index contributed by atoms with van der Waals surface area (Å²) in [5.74, 6) is 0. The zero-order valence-corrected chi connectivity index (χ0v) is 10.6. The third-order valence-corrected chi connectivity index (χ3v) is 0. The quantitative estimate of drug-likeness (QED) is 0.158. The van der Waals surface area contributed by atoms with Crippen LogP contribution in [0.2, 0.25) is 0 Å². The zero-order valence-electron chi connectivity index (χ0n) is 8.03. The molecule has 0 aliphatic rings. The van der Waals surface area contributed by atoms with Gasteiger partial charge >= 0.3 is 29.3 Å². The van der Waals surface area contributed by atoms with Crippen LogP contribution in [-0.4, -0.2) is 89.6 Å². The van der Waals surface area contributed by atoms with E-state index in [0.717, 1.165) is 0 Å². The van der Waals surface area contributed by atoms with Crippen LogP contribution in [0.3, 0.4) is 0 Å². The van der Waals surface area contributed by atoms with Gasteiger partial charge in [0, 0.05) is 19.8 Å². The van der Waals surface area contributed by atoms with Crippen molar-refractivity contribution in [2.75, 3.05) is 0 Å². The molecule has 0 rings (SSSR count). The van der Waals surface area contributed by atoms with Gasteiger partial charge in [0.15, 0.2) is 0 Å². The maximum absolute atomic E-state index is 7.17. The first-order chi connectivity index (χ1) is 6.93. The zero-order chi connectivity index (χ0) is 14.3. The number of hydrogen-bond acceptors (Lipinski definition) is 12. The molecule has 0 unspecified atom stereocenters. The Morgan fingerprint density at radius 1 is 0.294 bits per heavy atom. The molecule has 0 aromatic rings. The third kappa shape index (κ3) is 19700. The molecule has 12 nitrogen and oxygen atoms in total. The smallest absolute Gasteiger partial charge is 0.402 e. The van der Waals surface area contributed by atoms with Crippen LogP contribution in [0.1, 0.15) is 0 Å². The van der Waals surface area contributed by atoms with Crippen LogP contribution in [-0.2, 0) is 19.8 Å². The fourth-order valence-corrected chi connectivity index (χ4v) is 0. The fourth-order valence-electron chi connectivity index (χ4n) is 0. The summed E-state index contributed by atoms with van der Waals surface area (Å²) in [4.78, 5) is 0. The summed E-state index contributed by atoms with van der Waals surface area (Å²) in [6.45, 7) is 0. The molecule has 104 valence electrons. The Hall–Kier alpha value is 0.416. The SMILES string of the molecule is OB(O)O.OB(O)O.OB(O)O.OB(O)O.[Os]. The molecule has 0 bridgehead atoms. The molecule has 0 radical (unpaired) electrons. The minimum Gasteiger partial charge on any atom is -0.402 e. The first-order valence-electron chi connectivity index (χ1n) is 3.10. The summed E-state index contributed by atoms with van der Waals surface area (Å²) in [5.41, 5.74) is 0. The van der Waals surface area contributed by atoms with Gasteiger partial charge in [0.2, 0.25) is 0 Å². The maximum atomic E-state index is 7.17. The van der Waals surface area contributed by atoms with E-state index in [2.05, 4.69) is 0 Å². The minimum atomic E-state index is -2.17. The van der Waals surface area contributed by atoms with Crippen molar-refractivity contribution < 1.29 is 80.1 Å². The molecule has 0 aliphatic carbocycles. The van der Waals surface area contributed by atoms with Gasteiger partial charge in [-0.2, -0.15) is 0 Å². The minimum absolute atomic E-state index is 0. The molecule has 17 heteroatoms. The predicted octanol–water partition coefficient (Wildman–Crippen LogP) is -8.21. The van der Waals surface area contributed by atoms with E-state index in [1.807, 2.05) is 0 Å². The van der Waals surface area contributed by atoms with Crippen LogP contribution < -0.4 is 0 Å². The molecule has 0 aliphatic heterocycles. The molecule has 0 aromatic heterocycles. The monoisotopic (exact) mass is 440 g/mol. The number of hydrogen-bond donors (Lipinski definition) is 12. The van der Waals surface area contributed by atoms with Gasteiger partial charge < -0.3 is 60.3 Å². The molecule has 0 spiro atoms. The summed E-state index contributed by atoms with van der Waals surface area (Å²) in [6.07, 6.45) is 0. The van der Waals surface area contributed by atoms with Gasteiger partial charge in [0.25, 0.3) is 0 Å². The first-order valence-corrected chi connectivity index (χ1v) is 3.10. The average Bonchev–Trinajstić information content (AvgIpc) is 1.76. The summed E-state index contributed by atoms with van der Waals surface area (Å²) in [5, 5.41) is 86.0. The molecular formula is H12B4O12Os. The van der Waals surface area contributed by atoms with Crippen molar-refractivity contribution in [2.24, 2.45) is 0 Å². The van der Waals surface area contributed by atoms with Gasteiger partial charge in [-0.25, -0.2) is 0 Å². The molecule has 0 aromatic carbocycles. The van der Waals surface area contributed by atoms with Crippen molar-refractivity contribution in [1.82, 2.24) is 0 Å². The summed E-state index contributed by atoms with van der Waals surface area (Å²) in [7, 11) is -8.67. The topological polar surface area (TPSA) is 243 Å². The molecule has 0 heterocycles. The molecular weight excluding hydrogens is 425 g/mol. The second-order valence-corrected chi connectivity index (χ2v) is 1.39. The molecule has 0 amide bonds. The second-order valence-electron chi connectivity index (χ2n) is 1.39. The van der Waals surface area contributed by atoms with Crippen LogP contribution in [0, 0.1) is 0 Å². The van der Waals surface area contributed by atoms with E-state index < -0.39 is 29.3 Å². The molecule has 0 saturated carbocycles. The Balaban J connectivity index is -0.0000000369. The van der Waals surface area contributed by atoms with Gasteiger partial charge in [-0.1, -0.05) is 0 Å². The van der Waals surface area contributed by atoms with Crippen LogP contribution in [0.5, 0.6) is 0 Å². The van der Waals surface area contributed by atoms with Crippen molar-refractivity contribution in [1.29, 1.82) is 0 Å². The van der Waals surface area contributed by atoms with E-state index in [-0.39, 0.29) is 19.8 Å². The average molecular weight is 438 g/mol. The Bertz CT molecular complexity index is 61.5. The maximum Gasteiger partial charge on any atom is 0.631 e. The van der Waals surface area contributed by atoms with Crippen molar-refractivity contribution >= 4 is 29.3 Å². The van der Waals surface area contributed by atoms with E-state index in [0.29, 0.717) is 0 Å². The Labute approximate surface area is 110 Å². The summed E-state index contributed by atoms with van der Waals surface area (Å²) < 4.78 is 0. The molecule has 12 N–H and O–H groups in total. The van der Waals surface area contributed by atoms with Crippen LogP contribution in [0.25, 0.3) is 0 Å². The van der Waals surface area contributed by atoms with Crippen LogP contribution >= 0.6 is 0 Å². The van der Waals surface area contributed by atoms with E-state index >= 15 is 0 Å². The number of rotatable bonds is 0. The van der Waals surface area contributed by atoms with Crippen LogP contribution in [0.4, 0.5) is 0 Å².